The van der Waals surface area contributed by atoms with Crippen molar-refractivity contribution in [1.29, 1.82) is 0 Å². The van der Waals surface area contributed by atoms with Gasteiger partial charge in [-0.3, -0.25) is 9.18 Å². The van der Waals surface area contributed by atoms with Crippen LogP contribution < -0.4 is 0 Å². The number of carbonyl (C=O) groups excluding carboxylic acids is 1. The summed E-state index contributed by atoms with van der Waals surface area (Å²) in [4.78, 5) is 11.1. The molecule has 0 unspecified atom stereocenters. The van der Waals surface area contributed by atoms with E-state index in [0.717, 1.165) is 0 Å². The summed E-state index contributed by atoms with van der Waals surface area (Å²) in [6.07, 6.45) is 0.348. The van der Waals surface area contributed by atoms with E-state index in [4.69, 9.17) is 4.74 Å². The quantitative estimate of drug-likeness (QED) is 0.500. The van der Waals surface area contributed by atoms with E-state index in [-0.39, 0.29) is 18.8 Å². The lowest BCUT2D eigenvalue weighted by atomic mass is 10.1. The van der Waals surface area contributed by atoms with Crippen LogP contribution in [0.1, 0.15) is 33.6 Å². The molecule has 0 bridgehead atoms. The zero-order valence-corrected chi connectivity index (χ0v) is 8.52. The first-order chi connectivity index (χ1) is 5.85. The Kier molecular flexibility index (Phi) is 4.67. The predicted molar refractivity (Wildman–Crippen MR) is 50.2 cm³/mol. The van der Waals surface area contributed by atoms with E-state index in [9.17, 15) is 9.18 Å². The Morgan fingerprint density at radius 3 is 2.38 bits per heavy atom. The van der Waals surface area contributed by atoms with Crippen LogP contribution in [-0.2, 0) is 9.53 Å². The van der Waals surface area contributed by atoms with Crippen LogP contribution in [-0.4, -0.2) is 18.2 Å². The molecule has 0 aromatic heterocycles. The fourth-order valence-corrected chi connectivity index (χ4v) is 0.804. The molecular formula is C10H17FO2. The molecule has 2 nitrogen and oxygen atoms in total. The Labute approximate surface area is 78.8 Å². The van der Waals surface area contributed by atoms with Crippen LogP contribution in [0.4, 0.5) is 4.39 Å². The van der Waals surface area contributed by atoms with Gasteiger partial charge in [0.2, 0.25) is 0 Å². The van der Waals surface area contributed by atoms with E-state index < -0.39 is 12.3 Å². The summed E-state index contributed by atoms with van der Waals surface area (Å²) in [7, 11) is 0. The van der Waals surface area contributed by atoms with Gasteiger partial charge in [0.15, 0.2) is 0 Å². The molecule has 76 valence electrons. The van der Waals surface area contributed by atoms with Crippen LogP contribution in [0, 0.1) is 0 Å². The molecule has 0 aliphatic rings. The zero-order valence-electron chi connectivity index (χ0n) is 8.52. The van der Waals surface area contributed by atoms with Gasteiger partial charge < -0.3 is 4.74 Å². The molecule has 0 atom stereocenters. The van der Waals surface area contributed by atoms with Crippen molar-refractivity contribution in [3.63, 3.8) is 0 Å². The van der Waals surface area contributed by atoms with Gasteiger partial charge in [-0.05, 0) is 27.2 Å². The minimum Gasteiger partial charge on any atom is -0.460 e. The van der Waals surface area contributed by atoms with Crippen LogP contribution >= 0.6 is 0 Å². The Morgan fingerprint density at radius 1 is 1.46 bits per heavy atom. The van der Waals surface area contributed by atoms with Crippen molar-refractivity contribution in [1.82, 2.24) is 0 Å². The monoisotopic (exact) mass is 188 g/mol. The van der Waals surface area contributed by atoms with Crippen molar-refractivity contribution in [2.75, 3.05) is 6.67 Å². The molecule has 0 saturated carbocycles. The highest BCUT2D eigenvalue weighted by Gasteiger charge is 2.16. The van der Waals surface area contributed by atoms with E-state index in [0.29, 0.717) is 5.57 Å². The highest BCUT2D eigenvalue weighted by Crippen LogP contribution is 2.12. The summed E-state index contributed by atoms with van der Waals surface area (Å²) in [6.45, 7) is 8.49. The molecule has 0 spiro atoms. The van der Waals surface area contributed by atoms with Crippen LogP contribution in [0.25, 0.3) is 0 Å². The van der Waals surface area contributed by atoms with E-state index in [1.165, 1.54) is 0 Å². The highest BCUT2D eigenvalue weighted by atomic mass is 19.1. The Hall–Kier alpha value is -0.860. The number of carbonyl (C=O) groups is 1. The normalized spacial score (nSPS) is 11.1. The number of esters is 1. The van der Waals surface area contributed by atoms with Gasteiger partial charge in [0, 0.05) is 0 Å². The second-order valence-corrected chi connectivity index (χ2v) is 3.95. The molecule has 0 saturated heterocycles. The Morgan fingerprint density at radius 2 is 2.00 bits per heavy atom. The third kappa shape index (κ3) is 7.50. The summed E-state index contributed by atoms with van der Waals surface area (Å²) in [5.41, 5.74) is 0.101. The summed E-state index contributed by atoms with van der Waals surface area (Å²) in [5.74, 6) is -0.342. The first-order valence-corrected chi connectivity index (χ1v) is 4.29. The second kappa shape index (κ2) is 5.00. The van der Waals surface area contributed by atoms with E-state index in [2.05, 4.69) is 6.58 Å². The van der Waals surface area contributed by atoms with Crippen molar-refractivity contribution in [2.45, 2.75) is 39.2 Å². The maximum atomic E-state index is 11.8. The largest absolute Gasteiger partial charge is 0.460 e. The number of halogens is 1. The van der Waals surface area contributed by atoms with Gasteiger partial charge in [-0.2, -0.15) is 0 Å². The standard InChI is InChI=1S/C10H17FO2/c1-8(5-6-11)7-9(12)13-10(2,3)4/h1,5-7H2,2-4H3. The molecule has 0 N–H and O–H groups in total. The van der Waals surface area contributed by atoms with Crippen molar-refractivity contribution in [2.24, 2.45) is 0 Å². The van der Waals surface area contributed by atoms with E-state index >= 15 is 0 Å². The van der Waals surface area contributed by atoms with Gasteiger partial charge in [0.05, 0.1) is 13.1 Å². The van der Waals surface area contributed by atoms with Gasteiger partial charge in [-0.1, -0.05) is 12.2 Å². The Balaban J connectivity index is 3.82. The van der Waals surface area contributed by atoms with E-state index in [1.54, 1.807) is 20.8 Å². The fourth-order valence-electron chi connectivity index (χ4n) is 0.804. The lowest BCUT2D eigenvalue weighted by Gasteiger charge is -2.19. The third-order valence-corrected chi connectivity index (χ3v) is 1.26. The number of hydrogen-bond donors (Lipinski definition) is 0. The lowest BCUT2D eigenvalue weighted by molar-refractivity contribution is -0.153. The summed E-state index contributed by atoms with van der Waals surface area (Å²) in [5, 5.41) is 0. The van der Waals surface area contributed by atoms with Crippen LogP contribution in [0.15, 0.2) is 12.2 Å². The second-order valence-electron chi connectivity index (χ2n) is 3.95. The first kappa shape index (κ1) is 12.1. The van der Waals surface area contributed by atoms with Crippen LogP contribution in [0.3, 0.4) is 0 Å². The smallest absolute Gasteiger partial charge is 0.310 e. The molecule has 0 heterocycles. The van der Waals surface area contributed by atoms with Gasteiger partial charge in [-0.15, -0.1) is 0 Å². The van der Waals surface area contributed by atoms with Gasteiger partial charge in [0.1, 0.15) is 5.60 Å². The van der Waals surface area contributed by atoms with Gasteiger partial charge >= 0.3 is 5.97 Å². The first-order valence-electron chi connectivity index (χ1n) is 4.29. The van der Waals surface area contributed by atoms with Gasteiger partial charge in [0.25, 0.3) is 0 Å². The molecule has 0 fully saturated rings. The molecule has 0 radical (unpaired) electrons. The molecule has 0 rings (SSSR count). The molecule has 3 heteroatoms. The molecule has 0 amide bonds. The average molecular weight is 188 g/mol. The fraction of sp³-hybridized carbons (Fsp3) is 0.700. The summed E-state index contributed by atoms with van der Waals surface area (Å²) < 4.78 is 16.9. The molecule has 0 aromatic carbocycles. The Bertz CT molecular complexity index is 192. The molecule has 0 aliphatic carbocycles. The van der Waals surface area contributed by atoms with E-state index in [1.807, 2.05) is 0 Å². The topological polar surface area (TPSA) is 26.3 Å². The number of ether oxygens (including phenoxy) is 1. The van der Waals surface area contributed by atoms with Gasteiger partial charge in [-0.25, -0.2) is 0 Å². The maximum Gasteiger partial charge on any atom is 0.310 e. The molecular weight excluding hydrogens is 171 g/mol. The van der Waals surface area contributed by atoms with Crippen molar-refractivity contribution < 1.29 is 13.9 Å². The minimum absolute atomic E-state index is 0.112. The number of hydrogen-bond acceptors (Lipinski definition) is 2. The third-order valence-electron chi connectivity index (χ3n) is 1.26. The zero-order chi connectivity index (χ0) is 10.5. The summed E-state index contributed by atoms with van der Waals surface area (Å²) in [6, 6.07) is 0. The number of alkyl halides is 1. The van der Waals surface area contributed by atoms with Crippen molar-refractivity contribution in [3.8, 4) is 0 Å². The van der Waals surface area contributed by atoms with Crippen molar-refractivity contribution >= 4 is 5.97 Å². The lowest BCUT2D eigenvalue weighted by Crippen LogP contribution is -2.23. The maximum absolute atomic E-state index is 11.8. The van der Waals surface area contributed by atoms with Crippen LogP contribution in [0.2, 0.25) is 0 Å². The highest BCUT2D eigenvalue weighted by molar-refractivity contribution is 5.72. The molecule has 13 heavy (non-hydrogen) atoms. The minimum atomic E-state index is -0.479. The molecule has 0 aliphatic heterocycles. The summed E-state index contributed by atoms with van der Waals surface area (Å²) >= 11 is 0. The average Bonchev–Trinajstić information content (AvgIpc) is 1.81. The predicted octanol–water partition coefficient (Wildman–Crippen LogP) is 2.63. The van der Waals surface area contributed by atoms with Crippen LogP contribution in [0.5, 0.6) is 0 Å². The SMILES string of the molecule is C=C(CCF)CC(=O)OC(C)(C)C. The molecule has 0 aromatic rings. The van der Waals surface area contributed by atoms with Crippen molar-refractivity contribution in [3.05, 3.63) is 12.2 Å². The number of rotatable bonds is 4.